The van der Waals surface area contributed by atoms with Crippen molar-refractivity contribution in [3.05, 3.63) is 87.4 Å². The van der Waals surface area contributed by atoms with Gasteiger partial charge in [-0.2, -0.15) is 0 Å². The van der Waals surface area contributed by atoms with E-state index in [4.69, 9.17) is 4.98 Å². The zero-order valence-electron chi connectivity index (χ0n) is 20.9. The van der Waals surface area contributed by atoms with Gasteiger partial charge in [-0.3, -0.25) is 14.5 Å². The number of piperazine rings is 1. The molecule has 0 bridgehead atoms. The first kappa shape index (κ1) is 25.3. The molecule has 190 valence electrons. The molecule has 7 nitrogen and oxygen atoms in total. The Morgan fingerprint density at radius 2 is 1.68 bits per heavy atom. The monoisotopic (exact) mass is 531 g/mol. The first-order chi connectivity index (χ1) is 17.9. The van der Waals surface area contributed by atoms with E-state index in [9.17, 15) is 9.59 Å². The van der Waals surface area contributed by atoms with Gasteiger partial charge >= 0.3 is 0 Å². The van der Waals surface area contributed by atoms with Crippen LogP contribution in [0.3, 0.4) is 0 Å². The van der Waals surface area contributed by atoms with Crippen LogP contribution in [0, 0.1) is 6.92 Å². The molecule has 1 fully saturated rings. The summed E-state index contributed by atoms with van der Waals surface area (Å²) in [5.41, 5.74) is 4.89. The second-order valence-electron chi connectivity index (χ2n) is 9.17. The molecule has 1 N–H and O–H groups in total. The number of nitrogens with one attached hydrogen (secondary N) is 1. The lowest BCUT2D eigenvalue weighted by molar-refractivity contribution is -0.114. The van der Waals surface area contributed by atoms with Gasteiger partial charge in [0.25, 0.3) is 5.91 Å². The highest BCUT2D eigenvalue weighted by Crippen LogP contribution is 2.33. The first-order valence-corrected chi connectivity index (χ1v) is 14.0. The number of thiazole rings is 2. The number of aryl methyl sites for hydroxylation is 1. The van der Waals surface area contributed by atoms with Crippen molar-refractivity contribution < 1.29 is 9.59 Å². The fourth-order valence-corrected chi connectivity index (χ4v) is 6.27. The van der Waals surface area contributed by atoms with Gasteiger partial charge in [-0.1, -0.05) is 53.8 Å². The Balaban J connectivity index is 1.16. The molecule has 2 aromatic heterocycles. The molecule has 1 aliphatic rings. The number of carbonyl (C=O) groups excluding carboxylic acids is 2. The van der Waals surface area contributed by atoms with Crippen LogP contribution in [0.1, 0.15) is 39.1 Å². The average molecular weight is 532 g/mol. The number of rotatable bonds is 7. The molecule has 2 amide bonds. The highest BCUT2D eigenvalue weighted by Gasteiger charge is 2.22. The lowest BCUT2D eigenvalue weighted by Gasteiger charge is -2.34. The summed E-state index contributed by atoms with van der Waals surface area (Å²) in [5.74, 6) is -0.0374. The second-order valence-corrected chi connectivity index (χ2v) is 11.1. The summed E-state index contributed by atoms with van der Waals surface area (Å²) in [6.45, 7) is 7.59. The largest absolute Gasteiger partial charge is 0.336 e. The summed E-state index contributed by atoms with van der Waals surface area (Å²) in [6.07, 6.45) is 0.702. The van der Waals surface area contributed by atoms with Crippen LogP contribution in [-0.4, -0.2) is 57.8 Å². The predicted octanol–water partition coefficient (Wildman–Crippen LogP) is 5.08. The van der Waals surface area contributed by atoms with Crippen LogP contribution < -0.4 is 5.32 Å². The topological polar surface area (TPSA) is 78.4 Å². The van der Waals surface area contributed by atoms with E-state index in [1.807, 2.05) is 47.5 Å². The van der Waals surface area contributed by atoms with Crippen molar-refractivity contribution in [3.8, 4) is 10.6 Å². The van der Waals surface area contributed by atoms with E-state index in [0.29, 0.717) is 11.6 Å². The Labute approximate surface area is 224 Å². The zero-order valence-corrected chi connectivity index (χ0v) is 22.6. The number of aromatic nitrogens is 2. The molecule has 0 aliphatic carbocycles. The van der Waals surface area contributed by atoms with Crippen LogP contribution >= 0.6 is 22.7 Å². The van der Waals surface area contributed by atoms with Gasteiger partial charge in [0.15, 0.2) is 5.13 Å². The van der Waals surface area contributed by atoms with Gasteiger partial charge < -0.3 is 10.2 Å². The van der Waals surface area contributed by atoms with Crippen molar-refractivity contribution in [3.63, 3.8) is 0 Å². The van der Waals surface area contributed by atoms with Crippen LogP contribution in [0.2, 0.25) is 0 Å². The van der Waals surface area contributed by atoms with Crippen LogP contribution in [0.4, 0.5) is 5.13 Å². The SMILES string of the molecule is CC(=O)Nc1nc(C)c(-c2csc(Cc3ccc(C(=O)N4CCN(Cc5ccccc5)CC4)cc3)n2)s1. The summed E-state index contributed by atoms with van der Waals surface area (Å²) in [4.78, 5) is 38.9. The number of hydrogen-bond acceptors (Lipinski definition) is 7. The zero-order chi connectivity index (χ0) is 25.8. The summed E-state index contributed by atoms with van der Waals surface area (Å²) >= 11 is 3.04. The number of anilines is 1. The Morgan fingerprint density at radius 3 is 2.38 bits per heavy atom. The van der Waals surface area contributed by atoms with E-state index in [1.165, 1.54) is 23.8 Å². The smallest absolute Gasteiger partial charge is 0.253 e. The van der Waals surface area contributed by atoms with E-state index in [0.717, 1.165) is 65.1 Å². The minimum atomic E-state index is -0.133. The maximum absolute atomic E-state index is 13.1. The molecule has 0 unspecified atom stereocenters. The Kier molecular flexibility index (Phi) is 7.73. The molecule has 0 saturated carbocycles. The third-order valence-corrected chi connectivity index (χ3v) is 8.27. The van der Waals surface area contributed by atoms with Crippen LogP contribution in [0.5, 0.6) is 0 Å². The third-order valence-electron chi connectivity index (χ3n) is 6.33. The third kappa shape index (κ3) is 6.30. The van der Waals surface area contributed by atoms with E-state index in [2.05, 4.69) is 39.5 Å². The van der Waals surface area contributed by atoms with E-state index in [1.54, 1.807) is 11.3 Å². The van der Waals surface area contributed by atoms with Crippen molar-refractivity contribution in [1.82, 2.24) is 19.8 Å². The van der Waals surface area contributed by atoms with Gasteiger partial charge in [0.2, 0.25) is 5.91 Å². The molecule has 9 heteroatoms. The van der Waals surface area contributed by atoms with E-state index < -0.39 is 0 Å². The molecule has 3 heterocycles. The molecule has 0 atom stereocenters. The molecule has 1 saturated heterocycles. The van der Waals surface area contributed by atoms with Gasteiger partial charge in [0, 0.05) is 57.0 Å². The lowest BCUT2D eigenvalue weighted by atomic mass is 10.1. The first-order valence-electron chi connectivity index (χ1n) is 12.3. The molecule has 5 rings (SSSR count). The number of nitrogens with zero attached hydrogens (tertiary/aromatic N) is 4. The van der Waals surface area contributed by atoms with Crippen LogP contribution in [0.25, 0.3) is 10.6 Å². The maximum Gasteiger partial charge on any atom is 0.253 e. The van der Waals surface area contributed by atoms with Gasteiger partial charge in [0.1, 0.15) is 0 Å². The molecule has 0 radical (unpaired) electrons. The summed E-state index contributed by atoms with van der Waals surface area (Å²) in [7, 11) is 0. The number of hydrogen-bond donors (Lipinski definition) is 1. The number of carbonyl (C=O) groups is 2. The van der Waals surface area contributed by atoms with Crippen molar-refractivity contribution in [2.75, 3.05) is 31.5 Å². The summed E-state index contributed by atoms with van der Waals surface area (Å²) in [5, 5.41) is 6.36. The van der Waals surface area contributed by atoms with Crippen LogP contribution in [-0.2, 0) is 17.8 Å². The Hall–Kier alpha value is -3.40. The fraction of sp³-hybridized carbons (Fsp3) is 0.286. The Morgan fingerprint density at radius 1 is 0.946 bits per heavy atom. The minimum absolute atomic E-state index is 0.0955. The van der Waals surface area contributed by atoms with Crippen molar-refractivity contribution in [2.24, 2.45) is 0 Å². The number of amides is 2. The van der Waals surface area contributed by atoms with Crippen molar-refractivity contribution >= 4 is 39.6 Å². The molecule has 2 aromatic carbocycles. The average Bonchev–Trinajstić information content (AvgIpc) is 3.50. The molecule has 0 spiro atoms. The molecule has 1 aliphatic heterocycles. The molecule has 4 aromatic rings. The highest BCUT2D eigenvalue weighted by atomic mass is 32.1. The quantitative estimate of drug-likeness (QED) is 0.360. The van der Waals surface area contributed by atoms with Crippen molar-refractivity contribution in [2.45, 2.75) is 26.8 Å². The lowest BCUT2D eigenvalue weighted by Crippen LogP contribution is -2.48. The van der Waals surface area contributed by atoms with Gasteiger partial charge in [-0.15, -0.1) is 11.3 Å². The maximum atomic E-state index is 13.1. The molecular formula is C28H29N5O2S2. The highest BCUT2D eigenvalue weighted by molar-refractivity contribution is 7.19. The van der Waals surface area contributed by atoms with E-state index in [-0.39, 0.29) is 11.8 Å². The van der Waals surface area contributed by atoms with Gasteiger partial charge in [-0.25, -0.2) is 9.97 Å². The second kappa shape index (κ2) is 11.3. The van der Waals surface area contributed by atoms with E-state index >= 15 is 0 Å². The summed E-state index contributed by atoms with van der Waals surface area (Å²) in [6, 6.07) is 18.4. The normalized spacial score (nSPS) is 14.1. The van der Waals surface area contributed by atoms with Crippen LogP contribution in [0.15, 0.2) is 60.0 Å². The molecular weight excluding hydrogens is 502 g/mol. The Bertz CT molecular complexity index is 1370. The summed E-state index contributed by atoms with van der Waals surface area (Å²) < 4.78 is 0. The van der Waals surface area contributed by atoms with Gasteiger partial charge in [0.05, 0.1) is 21.3 Å². The van der Waals surface area contributed by atoms with Gasteiger partial charge in [-0.05, 0) is 30.2 Å². The number of benzene rings is 2. The predicted molar refractivity (Wildman–Crippen MR) is 149 cm³/mol. The standard InChI is InChI=1S/C28H29N5O2S2/c1-19-26(37-28(29-19)30-20(2)34)24-18-36-25(31-24)16-21-8-10-23(11-9-21)27(35)33-14-12-32(13-15-33)17-22-6-4-3-5-7-22/h3-11,18H,12-17H2,1-2H3,(H,29,30,34). The minimum Gasteiger partial charge on any atom is -0.336 e. The van der Waals surface area contributed by atoms with Crippen molar-refractivity contribution in [1.29, 1.82) is 0 Å². The fourth-order valence-electron chi connectivity index (χ4n) is 4.41. The molecule has 37 heavy (non-hydrogen) atoms.